The third kappa shape index (κ3) is 3.64. The van der Waals surface area contributed by atoms with Crippen LogP contribution in [-0.2, 0) is 0 Å². The van der Waals surface area contributed by atoms with Crippen LogP contribution in [0, 0.1) is 0 Å². The summed E-state index contributed by atoms with van der Waals surface area (Å²) in [5.74, 6) is 0. The number of para-hydroxylation sites is 1. The molecule has 0 aliphatic carbocycles. The summed E-state index contributed by atoms with van der Waals surface area (Å²) in [7, 11) is 0. The van der Waals surface area contributed by atoms with Crippen molar-refractivity contribution in [2.75, 3.05) is 5.32 Å². The number of anilines is 2. The molecule has 33 heavy (non-hydrogen) atoms. The molecular weight excluding hydrogens is 398 g/mol. The van der Waals surface area contributed by atoms with E-state index < -0.39 is 0 Å². The highest BCUT2D eigenvalue weighted by molar-refractivity contribution is 6.14. The van der Waals surface area contributed by atoms with E-state index >= 15 is 0 Å². The van der Waals surface area contributed by atoms with Crippen LogP contribution in [0.1, 0.15) is 0 Å². The SMILES string of the molecule is c1ccc(Nc2ccc(-c3cc4ccccc4c4ccccc34)c(-c3ccccc3)c2)cc1. The molecule has 0 saturated heterocycles. The van der Waals surface area contributed by atoms with Crippen molar-refractivity contribution < 1.29 is 0 Å². The predicted octanol–water partition coefficient (Wildman–Crippen LogP) is 9.07. The second-order valence-corrected chi connectivity index (χ2v) is 8.31. The number of hydrogen-bond donors (Lipinski definition) is 1. The van der Waals surface area contributed by atoms with E-state index in [0.717, 1.165) is 11.4 Å². The molecule has 156 valence electrons. The first kappa shape index (κ1) is 19.3. The molecule has 0 fully saturated rings. The Hall–Kier alpha value is -4.36. The van der Waals surface area contributed by atoms with Gasteiger partial charge in [-0.15, -0.1) is 0 Å². The minimum absolute atomic E-state index is 1.08. The van der Waals surface area contributed by atoms with E-state index in [9.17, 15) is 0 Å². The molecule has 0 heterocycles. The average molecular weight is 422 g/mol. The highest BCUT2D eigenvalue weighted by atomic mass is 14.9. The first-order valence-electron chi connectivity index (χ1n) is 11.3. The van der Waals surface area contributed by atoms with Crippen molar-refractivity contribution in [3.8, 4) is 22.3 Å². The minimum atomic E-state index is 1.08. The van der Waals surface area contributed by atoms with Gasteiger partial charge in [-0.1, -0.05) is 103 Å². The van der Waals surface area contributed by atoms with Crippen molar-refractivity contribution in [2.24, 2.45) is 0 Å². The van der Waals surface area contributed by atoms with Crippen LogP contribution in [0.25, 0.3) is 43.8 Å². The van der Waals surface area contributed by atoms with E-state index in [1.165, 1.54) is 43.8 Å². The quantitative estimate of drug-likeness (QED) is 0.280. The molecule has 6 aromatic carbocycles. The zero-order valence-corrected chi connectivity index (χ0v) is 18.2. The summed E-state index contributed by atoms with van der Waals surface area (Å²) in [5, 5.41) is 8.68. The van der Waals surface area contributed by atoms with Gasteiger partial charge in [0.25, 0.3) is 0 Å². The maximum absolute atomic E-state index is 3.56. The molecule has 0 amide bonds. The number of nitrogens with one attached hydrogen (secondary N) is 1. The lowest BCUT2D eigenvalue weighted by molar-refractivity contribution is 1.53. The second-order valence-electron chi connectivity index (χ2n) is 8.31. The third-order valence-electron chi connectivity index (χ3n) is 6.23. The maximum atomic E-state index is 3.56. The van der Waals surface area contributed by atoms with Gasteiger partial charge < -0.3 is 5.32 Å². The van der Waals surface area contributed by atoms with Crippen molar-refractivity contribution in [3.63, 3.8) is 0 Å². The highest BCUT2D eigenvalue weighted by Crippen LogP contribution is 2.40. The van der Waals surface area contributed by atoms with Gasteiger partial charge in [0.15, 0.2) is 0 Å². The molecule has 0 saturated carbocycles. The summed E-state index contributed by atoms with van der Waals surface area (Å²) in [4.78, 5) is 0. The van der Waals surface area contributed by atoms with Crippen LogP contribution in [0.3, 0.4) is 0 Å². The van der Waals surface area contributed by atoms with Crippen LogP contribution in [0.5, 0.6) is 0 Å². The van der Waals surface area contributed by atoms with Crippen molar-refractivity contribution >= 4 is 32.9 Å². The lowest BCUT2D eigenvalue weighted by atomic mass is 9.88. The van der Waals surface area contributed by atoms with Crippen molar-refractivity contribution in [1.82, 2.24) is 0 Å². The van der Waals surface area contributed by atoms with Crippen LogP contribution < -0.4 is 5.32 Å². The molecule has 0 aromatic heterocycles. The number of fused-ring (bicyclic) bond motifs is 3. The summed E-state index contributed by atoms with van der Waals surface area (Å²) in [6, 6.07) is 47.4. The van der Waals surface area contributed by atoms with Gasteiger partial charge in [-0.2, -0.15) is 0 Å². The first-order valence-corrected chi connectivity index (χ1v) is 11.3. The van der Waals surface area contributed by atoms with Crippen LogP contribution in [0.4, 0.5) is 11.4 Å². The van der Waals surface area contributed by atoms with E-state index in [1.54, 1.807) is 0 Å². The predicted molar refractivity (Wildman–Crippen MR) is 142 cm³/mol. The summed E-state index contributed by atoms with van der Waals surface area (Å²) in [6.07, 6.45) is 0. The van der Waals surface area contributed by atoms with Gasteiger partial charge in [0.2, 0.25) is 0 Å². The number of benzene rings is 6. The molecule has 1 heteroatoms. The Morgan fingerprint density at radius 3 is 1.79 bits per heavy atom. The van der Waals surface area contributed by atoms with E-state index in [2.05, 4.69) is 133 Å². The van der Waals surface area contributed by atoms with Crippen LogP contribution in [0.15, 0.2) is 133 Å². The van der Waals surface area contributed by atoms with Gasteiger partial charge in [0.05, 0.1) is 0 Å². The fourth-order valence-electron chi connectivity index (χ4n) is 4.68. The minimum Gasteiger partial charge on any atom is -0.356 e. The standard InChI is InChI=1S/C32H23N/c1-3-11-23(12-4-1)31-22-26(33-25-14-5-2-6-15-25)19-20-30(31)32-21-24-13-7-8-16-27(24)28-17-9-10-18-29(28)32/h1-22,33H. The van der Waals surface area contributed by atoms with Gasteiger partial charge in [0.1, 0.15) is 0 Å². The third-order valence-corrected chi connectivity index (χ3v) is 6.23. The normalized spacial score (nSPS) is 11.0. The fourth-order valence-corrected chi connectivity index (χ4v) is 4.68. The van der Waals surface area contributed by atoms with Gasteiger partial charge >= 0.3 is 0 Å². The van der Waals surface area contributed by atoms with Gasteiger partial charge in [0, 0.05) is 11.4 Å². The Balaban J connectivity index is 1.60. The molecule has 0 bridgehead atoms. The number of rotatable bonds is 4. The van der Waals surface area contributed by atoms with Crippen LogP contribution in [0.2, 0.25) is 0 Å². The largest absolute Gasteiger partial charge is 0.356 e. The molecule has 0 aliphatic rings. The Labute approximate surface area is 194 Å². The van der Waals surface area contributed by atoms with E-state index in [4.69, 9.17) is 0 Å². The molecule has 6 rings (SSSR count). The number of hydrogen-bond acceptors (Lipinski definition) is 1. The van der Waals surface area contributed by atoms with Gasteiger partial charge in [-0.25, -0.2) is 0 Å². The Morgan fingerprint density at radius 2 is 1.00 bits per heavy atom. The molecule has 1 N–H and O–H groups in total. The van der Waals surface area contributed by atoms with Crippen molar-refractivity contribution in [3.05, 3.63) is 133 Å². The second kappa shape index (κ2) is 8.29. The average Bonchev–Trinajstić information content (AvgIpc) is 2.89. The van der Waals surface area contributed by atoms with E-state index in [0.29, 0.717) is 0 Å². The Morgan fingerprint density at radius 1 is 0.364 bits per heavy atom. The van der Waals surface area contributed by atoms with Crippen molar-refractivity contribution in [2.45, 2.75) is 0 Å². The lowest BCUT2D eigenvalue weighted by Gasteiger charge is -2.17. The molecule has 0 atom stereocenters. The molecule has 0 aliphatic heterocycles. The summed E-state index contributed by atoms with van der Waals surface area (Å²) in [6.45, 7) is 0. The topological polar surface area (TPSA) is 12.0 Å². The molecule has 1 nitrogen and oxygen atoms in total. The molecule has 6 aromatic rings. The van der Waals surface area contributed by atoms with Crippen molar-refractivity contribution in [1.29, 1.82) is 0 Å². The summed E-state index contributed by atoms with van der Waals surface area (Å²) in [5.41, 5.74) is 7.09. The van der Waals surface area contributed by atoms with E-state index in [-0.39, 0.29) is 0 Å². The maximum Gasteiger partial charge on any atom is 0.0390 e. The summed E-state index contributed by atoms with van der Waals surface area (Å²) >= 11 is 0. The molecule has 0 radical (unpaired) electrons. The highest BCUT2D eigenvalue weighted by Gasteiger charge is 2.14. The first-order chi connectivity index (χ1) is 16.4. The van der Waals surface area contributed by atoms with Crippen LogP contribution >= 0.6 is 0 Å². The monoisotopic (exact) mass is 421 g/mol. The lowest BCUT2D eigenvalue weighted by Crippen LogP contribution is -1.93. The van der Waals surface area contributed by atoms with Gasteiger partial charge in [-0.3, -0.25) is 0 Å². The molecular formula is C32H23N. The Bertz CT molecular complexity index is 1570. The summed E-state index contributed by atoms with van der Waals surface area (Å²) < 4.78 is 0. The zero-order valence-electron chi connectivity index (χ0n) is 18.2. The Kier molecular flexibility index (Phi) is 4.86. The van der Waals surface area contributed by atoms with E-state index in [1.807, 2.05) is 6.07 Å². The van der Waals surface area contributed by atoms with Gasteiger partial charge in [-0.05, 0) is 74.1 Å². The molecule has 0 unspecified atom stereocenters. The zero-order chi connectivity index (χ0) is 22.0. The van der Waals surface area contributed by atoms with Crippen LogP contribution in [-0.4, -0.2) is 0 Å². The fraction of sp³-hybridized carbons (Fsp3) is 0. The smallest absolute Gasteiger partial charge is 0.0390 e. The molecule has 0 spiro atoms.